The van der Waals surface area contributed by atoms with Gasteiger partial charge in [-0.1, -0.05) is 57.6 Å². The van der Waals surface area contributed by atoms with Crippen LogP contribution in [0.25, 0.3) is 0 Å². The van der Waals surface area contributed by atoms with Gasteiger partial charge in [0.1, 0.15) is 5.60 Å². The average Bonchev–Trinajstić information content (AvgIpc) is 3.15. The van der Waals surface area contributed by atoms with Crippen molar-refractivity contribution in [3.05, 3.63) is 35.5 Å². The van der Waals surface area contributed by atoms with Crippen LogP contribution in [0.2, 0.25) is 0 Å². The number of aliphatic hydroxyl groups excluding tert-OH is 1. The van der Waals surface area contributed by atoms with Crippen LogP contribution in [-0.2, 0) is 0 Å². The van der Waals surface area contributed by atoms with Crippen LogP contribution in [0.4, 0.5) is 8.78 Å². The van der Waals surface area contributed by atoms with Gasteiger partial charge in [-0.2, -0.15) is 0 Å². The van der Waals surface area contributed by atoms with Crippen molar-refractivity contribution in [1.82, 2.24) is 0 Å². The second-order valence-electron chi connectivity index (χ2n) is 11.5. The van der Waals surface area contributed by atoms with Crippen LogP contribution < -0.4 is 0 Å². The number of hydrogen-bond acceptors (Lipinski definition) is 2. The maximum Gasteiger partial charge on any atom is 0.276 e. The topological polar surface area (TPSA) is 40.5 Å². The summed E-state index contributed by atoms with van der Waals surface area (Å²) in [5.74, 6) is -1.87. The first kappa shape index (κ1) is 26.6. The average molecular weight is 465 g/mol. The van der Waals surface area contributed by atoms with Crippen molar-refractivity contribution in [1.29, 1.82) is 0 Å². The molecule has 3 fully saturated rings. The minimum atomic E-state index is -3.04. The number of hydrogen-bond donors (Lipinski definition) is 2. The molecule has 2 N–H and O–H groups in total. The summed E-state index contributed by atoms with van der Waals surface area (Å²) in [6.07, 6.45) is 12.6. The van der Waals surface area contributed by atoms with E-state index in [0.29, 0.717) is 24.7 Å². The van der Waals surface area contributed by atoms with E-state index in [1.807, 2.05) is 0 Å². The molecular formula is C29H46F2O2. The molecule has 4 heteroatoms. The Morgan fingerprint density at radius 3 is 2.52 bits per heavy atom. The predicted octanol–water partition coefficient (Wildman–Crippen LogP) is 7.76. The Hall–Kier alpha value is -1.00. The van der Waals surface area contributed by atoms with Crippen molar-refractivity contribution >= 4 is 0 Å². The van der Waals surface area contributed by atoms with Gasteiger partial charge in [-0.15, -0.1) is 0 Å². The van der Waals surface area contributed by atoms with Crippen LogP contribution in [0.1, 0.15) is 105 Å². The first-order valence-electron chi connectivity index (χ1n) is 13.3. The van der Waals surface area contributed by atoms with Crippen LogP contribution in [-0.4, -0.2) is 27.8 Å². The lowest BCUT2D eigenvalue weighted by Gasteiger charge is -2.45. The zero-order chi connectivity index (χ0) is 24.4. The second kappa shape index (κ2) is 10.3. The molecule has 0 bridgehead atoms. The standard InChI is InChI=1S/C29H46F2O2/c1-6-28(33,7-2)29(30,31)18-16-21(4)25-14-15-26-22(9-8-17-27(25,26)5)11-12-23-19-24(32)13-10-20(23)3/h11-12,21,24-26,32-33H,3,6-10,13-19H2,1-2,4-5H3/b22-11+,23-12+/t21-,24+,25-,26+,27-/m1/s1. The summed E-state index contributed by atoms with van der Waals surface area (Å²) in [7, 11) is 0. The van der Waals surface area contributed by atoms with E-state index >= 15 is 0 Å². The lowest BCUT2D eigenvalue weighted by molar-refractivity contribution is -0.190. The van der Waals surface area contributed by atoms with Crippen LogP contribution in [0.5, 0.6) is 0 Å². The van der Waals surface area contributed by atoms with E-state index in [4.69, 9.17) is 0 Å². The molecule has 0 amide bonds. The molecule has 2 nitrogen and oxygen atoms in total. The van der Waals surface area contributed by atoms with Crippen LogP contribution in [0.15, 0.2) is 35.5 Å². The number of allylic oxidation sites excluding steroid dienone is 4. The van der Waals surface area contributed by atoms with Crippen LogP contribution >= 0.6 is 0 Å². The number of fused-ring (bicyclic) bond motifs is 1. The summed E-state index contributed by atoms with van der Waals surface area (Å²) in [5.41, 5.74) is 2.09. The molecular weight excluding hydrogens is 418 g/mol. The molecule has 188 valence electrons. The summed E-state index contributed by atoms with van der Waals surface area (Å²) in [6, 6.07) is 0. The largest absolute Gasteiger partial charge is 0.393 e. The zero-order valence-electron chi connectivity index (χ0n) is 21.3. The Bertz CT molecular complexity index is 764. The van der Waals surface area contributed by atoms with Gasteiger partial charge in [0.2, 0.25) is 0 Å². The Morgan fingerprint density at radius 2 is 1.85 bits per heavy atom. The fraction of sp³-hybridized carbons (Fsp3) is 0.793. The van der Waals surface area contributed by atoms with Crippen molar-refractivity contribution in [2.75, 3.05) is 0 Å². The lowest BCUT2D eigenvalue weighted by Crippen LogP contribution is -2.47. The third kappa shape index (κ3) is 5.32. The number of rotatable bonds is 8. The Labute approximate surface area is 200 Å². The smallest absolute Gasteiger partial charge is 0.276 e. The highest BCUT2D eigenvalue weighted by Gasteiger charge is 2.53. The summed E-state index contributed by atoms with van der Waals surface area (Å²) >= 11 is 0. The maximum atomic E-state index is 14.9. The van der Waals surface area contributed by atoms with Gasteiger partial charge >= 0.3 is 0 Å². The highest BCUT2D eigenvalue weighted by molar-refractivity contribution is 5.36. The van der Waals surface area contributed by atoms with Gasteiger partial charge < -0.3 is 10.2 Å². The summed E-state index contributed by atoms with van der Waals surface area (Å²) in [6.45, 7) is 12.0. The molecule has 3 rings (SSSR count). The maximum absolute atomic E-state index is 14.9. The molecule has 0 radical (unpaired) electrons. The number of alkyl halides is 2. The molecule has 5 atom stereocenters. The SMILES string of the molecule is C=C1CC[C@H](O)C/C1=C\C=C1/CCC[C@]2(C)[C@@H]([C@H](C)CCC(F)(F)C(O)(CC)CC)CC[C@@H]12. The highest BCUT2D eigenvalue weighted by atomic mass is 19.3. The van der Waals surface area contributed by atoms with E-state index in [0.717, 1.165) is 50.5 Å². The lowest BCUT2D eigenvalue weighted by atomic mass is 9.60. The van der Waals surface area contributed by atoms with E-state index in [2.05, 4.69) is 32.6 Å². The van der Waals surface area contributed by atoms with Crippen LogP contribution in [0, 0.1) is 23.2 Å². The molecule has 0 spiro atoms. The molecule has 0 aliphatic heterocycles. The van der Waals surface area contributed by atoms with E-state index in [1.54, 1.807) is 13.8 Å². The molecule has 33 heavy (non-hydrogen) atoms. The number of halogens is 2. The summed E-state index contributed by atoms with van der Waals surface area (Å²) in [4.78, 5) is 0. The molecule has 3 aliphatic rings. The molecule has 0 unspecified atom stereocenters. The van der Waals surface area contributed by atoms with Gasteiger partial charge in [0.05, 0.1) is 6.10 Å². The van der Waals surface area contributed by atoms with E-state index < -0.39 is 11.5 Å². The van der Waals surface area contributed by atoms with Gasteiger partial charge in [0.25, 0.3) is 5.92 Å². The molecule has 3 saturated carbocycles. The molecule has 3 aliphatic carbocycles. The van der Waals surface area contributed by atoms with E-state index in [9.17, 15) is 19.0 Å². The van der Waals surface area contributed by atoms with Crippen molar-refractivity contribution in [3.63, 3.8) is 0 Å². The third-order valence-electron chi connectivity index (χ3n) is 9.68. The van der Waals surface area contributed by atoms with Crippen molar-refractivity contribution in [2.24, 2.45) is 23.2 Å². The van der Waals surface area contributed by atoms with Crippen LogP contribution in [0.3, 0.4) is 0 Å². The molecule has 0 aromatic rings. The quantitative estimate of drug-likeness (QED) is 0.385. The van der Waals surface area contributed by atoms with E-state index in [-0.39, 0.29) is 36.7 Å². The van der Waals surface area contributed by atoms with Gasteiger partial charge in [0, 0.05) is 6.42 Å². The molecule has 0 aromatic carbocycles. The zero-order valence-corrected chi connectivity index (χ0v) is 21.3. The molecule has 0 heterocycles. The summed E-state index contributed by atoms with van der Waals surface area (Å²) < 4.78 is 29.7. The Kier molecular flexibility index (Phi) is 8.32. The Balaban J connectivity index is 1.70. The highest BCUT2D eigenvalue weighted by Crippen LogP contribution is 2.60. The summed E-state index contributed by atoms with van der Waals surface area (Å²) in [5, 5.41) is 20.5. The predicted molar refractivity (Wildman–Crippen MR) is 132 cm³/mol. The number of aliphatic hydroxyl groups is 2. The first-order valence-corrected chi connectivity index (χ1v) is 13.3. The fourth-order valence-electron chi connectivity index (χ4n) is 7.22. The Morgan fingerprint density at radius 1 is 1.15 bits per heavy atom. The van der Waals surface area contributed by atoms with Gasteiger partial charge in [-0.05, 0) is 99.4 Å². The normalized spacial score (nSPS) is 34.7. The molecule has 0 aromatic heterocycles. The van der Waals surface area contributed by atoms with Crippen molar-refractivity contribution < 1.29 is 19.0 Å². The van der Waals surface area contributed by atoms with E-state index in [1.165, 1.54) is 11.1 Å². The second-order valence-corrected chi connectivity index (χ2v) is 11.5. The van der Waals surface area contributed by atoms with Gasteiger partial charge in [0.15, 0.2) is 0 Å². The minimum Gasteiger partial charge on any atom is -0.393 e. The van der Waals surface area contributed by atoms with Crippen molar-refractivity contribution in [3.8, 4) is 0 Å². The molecule has 0 saturated heterocycles. The third-order valence-corrected chi connectivity index (χ3v) is 9.68. The first-order chi connectivity index (χ1) is 15.5. The van der Waals surface area contributed by atoms with Gasteiger partial charge in [-0.3, -0.25) is 0 Å². The minimum absolute atomic E-state index is 0.0845. The monoisotopic (exact) mass is 464 g/mol. The van der Waals surface area contributed by atoms with Gasteiger partial charge in [-0.25, -0.2) is 8.78 Å². The fourth-order valence-corrected chi connectivity index (χ4v) is 7.22. The van der Waals surface area contributed by atoms with Crippen molar-refractivity contribution in [2.45, 2.75) is 122 Å².